The Bertz CT molecular complexity index is 754. The Balaban J connectivity index is 1.90. The van der Waals surface area contributed by atoms with Gasteiger partial charge in [-0.25, -0.2) is 0 Å². The molecular weight excluding hydrogens is 308 g/mol. The number of hydrogen-bond acceptors (Lipinski definition) is 4. The van der Waals surface area contributed by atoms with Crippen LogP contribution in [-0.2, 0) is 4.79 Å². The number of ether oxygens (including phenoxy) is 1. The summed E-state index contributed by atoms with van der Waals surface area (Å²) in [6.07, 6.45) is 0.437. The Morgan fingerprint density at radius 3 is 2.38 bits per heavy atom. The lowest BCUT2D eigenvalue weighted by molar-refractivity contribution is -0.118. The van der Waals surface area contributed by atoms with Crippen LogP contribution in [0.2, 0.25) is 0 Å². The first-order valence-electron chi connectivity index (χ1n) is 7.45. The third-order valence-corrected chi connectivity index (χ3v) is 3.30. The van der Waals surface area contributed by atoms with E-state index in [2.05, 4.69) is 5.32 Å². The number of ketones is 1. The number of nitrogens with two attached hydrogens (primary N) is 1. The normalized spacial score (nSPS) is 10.0. The quantitative estimate of drug-likeness (QED) is 0.763. The van der Waals surface area contributed by atoms with E-state index in [0.717, 1.165) is 0 Å². The number of benzene rings is 2. The molecule has 0 bridgehead atoms. The summed E-state index contributed by atoms with van der Waals surface area (Å²) in [5, 5.41) is 2.62. The summed E-state index contributed by atoms with van der Waals surface area (Å²) in [5.41, 5.74) is 6.57. The fourth-order valence-corrected chi connectivity index (χ4v) is 2.04. The summed E-state index contributed by atoms with van der Waals surface area (Å²) in [5.74, 6) is -0.397. The monoisotopic (exact) mass is 326 g/mol. The molecule has 0 aliphatic heterocycles. The Hall–Kier alpha value is -3.15. The first-order chi connectivity index (χ1) is 11.5. The highest BCUT2D eigenvalue weighted by Crippen LogP contribution is 2.14. The van der Waals surface area contributed by atoms with Gasteiger partial charge in [0, 0.05) is 23.2 Å². The van der Waals surface area contributed by atoms with E-state index in [1.807, 2.05) is 0 Å². The molecule has 0 atom stereocenters. The van der Waals surface area contributed by atoms with Crippen LogP contribution < -0.4 is 15.8 Å². The third kappa shape index (κ3) is 4.67. The summed E-state index contributed by atoms with van der Waals surface area (Å²) in [4.78, 5) is 34.5. The van der Waals surface area contributed by atoms with Crippen molar-refractivity contribution in [3.8, 4) is 5.75 Å². The Kier molecular flexibility index (Phi) is 5.68. The number of carbonyl (C=O) groups excluding carboxylic acids is 3. The molecular formula is C18H18N2O4. The van der Waals surface area contributed by atoms with Crippen molar-refractivity contribution in [2.24, 2.45) is 5.73 Å². The Labute approximate surface area is 139 Å². The van der Waals surface area contributed by atoms with Gasteiger partial charge in [-0.1, -0.05) is 13.0 Å². The minimum atomic E-state index is -0.566. The molecule has 0 aromatic heterocycles. The van der Waals surface area contributed by atoms with Gasteiger partial charge in [-0.2, -0.15) is 0 Å². The average Bonchev–Trinajstić information content (AvgIpc) is 2.60. The molecule has 24 heavy (non-hydrogen) atoms. The molecule has 0 aliphatic rings. The molecule has 0 heterocycles. The maximum atomic E-state index is 11.9. The van der Waals surface area contributed by atoms with Gasteiger partial charge in [0.15, 0.2) is 12.4 Å². The number of amides is 2. The fraction of sp³-hybridized carbons (Fsp3) is 0.167. The molecule has 0 spiro atoms. The smallest absolute Gasteiger partial charge is 0.262 e. The first kappa shape index (κ1) is 17.2. The fourth-order valence-electron chi connectivity index (χ4n) is 2.04. The largest absolute Gasteiger partial charge is 0.484 e. The second-order valence-electron chi connectivity index (χ2n) is 5.08. The number of hydrogen-bond donors (Lipinski definition) is 2. The third-order valence-electron chi connectivity index (χ3n) is 3.30. The Morgan fingerprint density at radius 1 is 1.04 bits per heavy atom. The van der Waals surface area contributed by atoms with E-state index in [0.29, 0.717) is 29.0 Å². The zero-order valence-electron chi connectivity index (χ0n) is 13.2. The van der Waals surface area contributed by atoms with Crippen molar-refractivity contribution in [1.82, 2.24) is 0 Å². The molecule has 0 saturated carbocycles. The number of rotatable bonds is 7. The van der Waals surface area contributed by atoms with E-state index >= 15 is 0 Å². The molecule has 0 aliphatic carbocycles. The lowest BCUT2D eigenvalue weighted by Crippen LogP contribution is -2.20. The van der Waals surface area contributed by atoms with Crippen molar-refractivity contribution in [2.75, 3.05) is 11.9 Å². The summed E-state index contributed by atoms with van der Waals surface area (Å²) in [6.45, 7) is 1.60. The van der Waals surface area contributed by atoms with E-state index in [9.17, 15) is 14.4 Å². The maximum absolute atomic E-state index is 11.9. The van der Waals surface area contributed by atoms with Crippen LogP contribution in [0.3, 0.4) is 0 Å². The summed E-state index contributed by atoms with van der Waals surface area (Å²) in [7, 11) is 0. The molecule has 2 rings (SSSR count). The second-order valence-corrected chi connectivity index (χ2v) is 5.08. The number of nitrogens with one attached hydrogen (secondary N) is 1. The molecule has 2 aromatic rings. The van der Waals surface area contributed by atoms with Gasteiger partial charge in [0.25, 0.3) is 5.91 Å². The number of Topliss-reactive ketones (excluding diaryl/α,β-unsaturated/α-hetero) is 1. The van der Waals surface area contributed by atoms with Crippen LogP contribution >= 0.6 is 0 Å². The molecule has 0 fully saturated rings. The zero-order valence-corrected chi connectivity index (χ0v) is 13.2. The molecule has 0 saturated heterocycles. The van der Waals surface area contributed by atoms with Gasteiger partial charge < -0.3 is 15.8 Å². The molecule has 6 heteroatoms. The lowest BCUT2D eigenvalue weighted by atomic mass is 10.1. The highest BCUT2D eigenvalue weighted by Gasteiger charge is 2.07. The predicted octanol–water partition coefficient (Wildman–Crippen LogP) is 2.40. The molecule has 0 unspecified atom stereocenters. The van der Waals surface area contributed by atoms with Crippen molar-refractivity contribution in [3.05, 3.63) is 59.7 Å². The van der Waals surface area contributed by atoms with Crippen molar-refractivity contribution >= 4 is 23.3 Å². The van der Waals surface area contributed by atoms with Crippen molar-refractivity contribution in [2.45, 2.75) is 13.3 Å². The highest BCUT2D eigenvalue weighted by atomic mass is 16.5. The van der Waals surface area contributed by atoms with Gasteiger partial charge in [0.2, 0.25) is 5.91 Å². The summed E-state index contributed by atoms with van der Waals surface area (Å²) >= 11 is 0. The van der Waals surface area contributed by atoms with Crippen LogP contribution in [0.5, 0.6) is 5.75 Å². The number of primary amides is 1. The van der Waals surface area contributed by atoms with Gasteiger partial charge >= 0.3 is 0 Å². The van der Waals surface area contributed by atoms with Crippen molar-refractivity contribution < 1.29 is 19.1 Å². The van der Waals surface area contributed by atoms with Crippen molar-refractivity contribution in [1.29, 1.82) is 0 Å². The van der Waals surface area contributed by atoms with Gasteiger partial charge in [-0.3, -0.25) is 14.4 Å². The highest BCUT2D eigenvalue weighted by molar-refractivity contribution is 5.97. The molecule has 3 N–H and O–H groups in total. The average molecular weight is 326 g/mol. The lowest BCUT2D eigenvalue weighted by Gasteiger charge is -2.08. The van der Waals surface area contributed by atoms with Gasteiger partial charge in [0.1, 0.15) is 5.75 Å². The van der Waals surface area contributed by atoms with Crippen LogP contribution in [0.1, 0.15) is 34.1 Å². The SMILES string of the molecule is CCC(=O)c1ccc(OCC(=O)Nc2cccc(C(N)=O)c2)cc1. The van der Waals surface area contributed by atoms with E-state index in [1.54, 1.807) is 49.4 Å². The maximum Gasteiger partial charge on any atom is 0.262 e. The predicted molar refractivity (Wildman–Crippen MR) is 90.1 cm³/mol. The van der Waals surface area contributed by atoms with E-state index < -0.39 is 5.91 Å². The van der Waals surface area contributed by atoms with Crippen LogP contribution in [0.4, 0.5) is 5.69 Å². The van der Waals surface area contributed by atoms with Gasteiger partial charge in [-0.05, 0) is 42.5 Å². The van der Waals surface area contributed by atoms with E-state index in [-0.39, 0.29) is 18.3 Å². The minimum Gasteiger partial charge on any atom is -0.484 e. The molecule has 6 nitrogen and oxygen atoms in total. The van der Waals surface area contributed by atoms with Crippen LogP contribution in [0, 0.1) is 0 Å². The second kappa shape index (κ2) is 7.92. The van der Waals surface area contributed by atoms with Gasteiger partial charge in [0.05, 0.1) is 0 Å². The Morgan fingerprint density at radius 2 is 1.75 bits per heavy atom. The van der Waals surface area contributed by atoms with Crippen LogP contribution in [-0.4, -0.2) is 24.2 Å². The molecule has 124 valence electrons. The standard InChI is InChI=1S/C18H18N2O4/c1-2-16(21)12-6-8-15(9-7-12)24-11-17(22)20-14-5-3-4-13(10-14)18(19)23/h3-10H,2,11H2,1H3,(H2,19,23)(H,20,22). The number of anilines is 1. The topological polar surface area (TPSA) is 98.5 Å². The van der Waals surface area contributed by atoms with Crippen molar-refractivity contribution in [3.63, 3.8) is 0 Å². The summed E-state index contributed by atoms with van der Waals surface area (Å²) in [6, 6.07) is 12.9. The van der Waals surface area contributed by atoms with Crippen LogP contribution in [0.15, 0.2) is 48.5 Å². The van der Waals surface area contributed by atoms with Gasteiger partial charge in [-0.15, -0.1) is 0 Å². The zero-order chi connectivity index (χ0) is 17.5. The molecule has 2 amide bonds. The first-order valence-corrected chi connectivity index (χ1v) is 7.45. The number of carbonyl (C=O) groups is 3. The summed E-state index contributed by atoms with van der Waals surface area (Å²) < 4.78 is 5.37. The van der Waals surface area contributed by atoms with E-state index in [4.69, 9.17) is 10.5 Å². The minimum absolute atomic E-state index is 0.0497. The molecule has 2 aromatic carbocycles. The van der Waals surface area contributed by atoms with E-state index in [1.165, 1.54) is 6.07 Å². The van der Waals surface area contributed by atoms with Crippen LogP contribution in [0.25, 0.3) is 0 Å². The molecule has 0 radical (unpaired) electrons.